The van der Waals surface area contributed by atoms with Crippen LogP contribution in [0.3, 0.4) is 0 Å². The predicted molar refractivity (Wildman–Crippen MR) is 118 cm³/mol. The monoisotopic (exact) mass is 440 g/mol. The Morgan fingerprint density at radius 1 is 1.06 bits per heavy atom. The molecule has 0 aliphatic heterocycles. The number of carboxylic acid groups (broad SMARTS) is 1. The Morgan fingerprint density at radius 3 is 2.19 bits per heavy atom. The maximum atomic E-state index is 12.6. The summed E-state index contributed by atoms with van der Waals surface area (Å²) in [7, 11) is 1.34. The molecule has 2 aromatic carbocycles. The molecule has 1 atom stereocenters. The molecule has 3 rings (SSSR count). The number of ether oxygens (including phenoxy) is 2. The molecule has 2 aromatic rings. The Balaban J connectivity index is 1.58. The summed E-state index contributed by atoms with van der Waals surface area (Å²) in [4.78, 5) is 37.2. The first-order valence-electron chi connectivity index (χ1n) is 10.6. The van der Waals surface area contributed by atoms with Crippen LogP contribution in [0.2, 0.25) is 0 Å². The number of carbonyl (C=O) groups is 3. The number of nitrogens with zero attached hydrogens (tertiary/aromatic N) is 1. The van der Waals surface area contributed by atoms with Gasteiger partial charge in [0.15, 0.2) is 6.10 Å². The highest BCUT2D eigenvalue weighted by Crippen LogP contribution is 2.44. The second-order valence-corrected chi connectivity index (χ2v) is 7.58. The molecule has 170 valence electrons. The SMILES string of the molecule is CCCN(CC(=O)O)C(=O)C(CNC(=O)OCC1c2ccccc2-c2ccccc21)OC. The van der Waals surface area contributed by atoms with Crippen LogP contribution < -0.4 is 5.32 Å². The number of amides is 2. The van der Waals surface area contributed by atoms with Crippen LogP contribution in [0.1, 0.15) is 30.4 Å². The molecule has 0 radical (unpaired) electrons. The van der Waals surface area contributed by atoms with E-state index in [1.54, 1.807) is 0 Å². The lowest BCUT2D eigenvalue weighted by molar-refractivity contribution is -0.149. The van der Waals surface area contributed by atoms with Crippen LogP contribution in [0.25, 0.3) is 11.1 Å². The van der Waals surface area contributed by atoms with Crippen LogP contribution in [0.15, 0.2) is 48.5 Å². The Hall–Kier alpha value is -3.39. The van der Waals surface area contributed by atoms with Gasteiger partial charge in [-0.3, -0.25) is 9.59 Å². The van der Waals surface area contributed by atoms with Crippen LogP contribution in [0.5, 0.6) is 0 Å². The maximum absolute atomic E-state index is 12.6. The molecular formula is C24H28N2O6. The van der Waals surface area contributed by atoms with E-state index in [4.69, 9.17) is 14.6 Å². The summed E-state index contributed by atoms with van der Waals surface area (Å²) < 4.78 is 10.7. The minimum Gasteiger partial charge on any atom is -0.480 e. The molecule has 1 unspecified atom stereocenters. The van der Waals surface area contributed by atoms with Gasteiger partial charge in [0.05, 0.1) is 6.54 Å². The number of nitrogens with one attached hydrogen (secondary N) is 1. The van der Waals surface area contributed by atoms with E-state index in [2.05, 4.69) is 17.4 Å². The lowest BCUT2D eigenvalue weighted by Crippen LogP contribution is -2.48. The molecule has 8 nitrogen and oxygen atoms in total. The lowest BCUT2D eigenvalue weighted by atomic mass is 9.98. The molecule has 0 heterocycles. The molecule has 1 aliphatic rings. The fourth-order valence-corrected chi connectivity index (χ4v) is 4.00. The first-order chi connectivity index (χ1) is 15.5. The van der Waals surface area contributed by atoms with Gasteiger partial charge in [0.2, 0.25) is 0 Å². The third-order valence-corrected chi connectivity index (χ3v) is 5.47. The standard InChI is InChI=1S/C24H28N2O6/c1-3-12-26(14-22(27)28)23(29)21(31-2)13-25-24(30)32-15-20-18-10-6-4-8-16(18)17-9-5-7-11-19(17)20/h4-11,20-21H,3,12-15H2,1-2H3,(H,25,30)(H,27,28). The van der Waals surface area contributed by atoms with Gasteiger partial charge in [-0.2, -0.15) is 0 Å². The molecule has 0 fully saturated rings. The van der Waals surface area contributed by atoms with Crippen molar-refractivity contribution in [3.05, 3.63) is 59.7 Å². The third-order valence-electron chi connectivity index (χ3n) is 5.47. The van der Waals surface area contributed by atoms with Gasteiger partial charge in [0, 0.05) is 19.6 Å². The molecule has 0 bridgehead atoms. The van der Waals surface area contributed by atoms with Crippen molar-refractivity contribution >= 4 is 18.0 Å². The number of hydrogen-bond donors (Lipinski definition) is 2. The van der Waals surface area contributed by atoms with Gasteiger partial charge in [-0.25, -0.2) is 4.79 Å². The number of carboxylic acids is 1. The van der Waals surface area contributed by atoms with Crippen LogP contribution >= 0.6 is 0 Å². The number of carbonyl (C=O) groups excluding carboxylic acids is 2. The highest BCUT2D eigenvalue weighted by atomic mass is 16.5. The molecule has 0 saturated carbocycles. The number of benzene rings is 2. The number of hydrogen-bond acceptors (Lipinski definition) is 5. The smallest absolute Gasteiger partial charge is 0.407 e. The molecule has 0 aromatic heterocycles. The molecule has 32 heavy (non-hydrogen) atoms. The van der Waals surface area contributed by atoms with Crippen LogP contribution in [0.4, 0.5) is 4.79 Å². The van der Waals surface area contributed by atoms with Gasteiger partial charge >= 0.3 is 12.1 Å². The largest absolute Gasteiger partial charge is 0.480 e. The molecular weight excluding hydrogens is 412 g/mol. The predicted octanol–water partition coefficient (Wildman–Crippen LogP) is 2.86. The van der Waals surface area contributed by atoms with Crippen molar-refractivity contribution in [3.63, 3.8) is 0 Å². The Bertz CT molecular complexity index is 931. The van der Waals surface area contributed by atoms with E-state index in [1.165, 1.54) is 12.0 Å². The van der Waals surface area contributed by atoms with Crippen molar-refractivity contribution in [2.75, 3.05) is 33.4 Å². The molecule has 8 heteroatoms. The number of aliphatic carboxylic acids is 1. The van der Waals surface area contributed by atoms with E-state index in [9.17, 15) is 14.4 Å². The molecule has 0 spiro atoms. The van der Waals surface area contributed by atoms with E-state index in [-0.39, 0.29) is 25.6 Å². The summed E-state index contributed by atoms with van der Waals surface area (Å²) in [6.45, 7) is 1.75. The van der Waals surface area contributed by atoms with Crippen molar-refractivity contribution < 1.29 is 29.0 Å². The minimum absolute atomic E-state index is 0.0661. The summed E-state index contributed by atoms with van der Waals surface area (Å²) >= 11 is 0. The van der Waals surface area contributed by atoms with Gasteiger partial charge in [0.1, 0.15) is 13.2 Å². The fraction of sp³-hybridized carbons (Fsp3) is 0.375. The van der Waals surface area contributed by atoms with E-state index in [0.717, 1.165) is 22.3 Å². The lowest BCUT2D eigenvalue weighted by Gasteiger charge is -2.25. The first-order valence-corrected chi connectivity index (χ1v) is 10.6. The Kier molecular flexibility index (Phi) is 7.83. The summed E-state index contributed by atoms with van der Waals surface area (Å²) in [5, 5.41) is 11.6. The average Bonchev–Trinajstić information content (AvgIpc) is 3.11. The first kappa shape index (κ1) is 23.3. The average molecular weight is 440 g/mol. The fourth-order valence-electron chi connectivity index (χ4n) is 4.00. The van der Waals surface area contributed by atoms with E-state index in [1.807, 2.05) is 43.3 Å². The summed E-state index contributed by atoms with van der Waals surface area (Å²) in [6.07, 6.45) is -1.06. The number of rotatable bonds is 10. The highest BCUT2D eigenvalue weighted by Gasteiger charge is 2.30. The quantitative estimate of drug-likeness (QED) is 0.589. The zero-order chi connectivity index (χ0) is 23.1. The second kappa shape index (κ2) is 10.8. The number of fused-ring (bicyclic) bond motifs is 3. The second-order valence-electron chi connectivity index (χ2n) is 7.58. The Morgan fingerprint density at radius 2 is 1.66 bits per heavy atom. The zero-order valence-corrected chi connectivity index (χ0v) is 18.2. The van der Waals surface area contributed by atoms with Crippen molar-refractivity contribution in [1.82, 2.24) is 10.2 Å². The molecule has 1 aliphatic carbocycles. The maximum Gasteiger partial charge on any atom is 0.407 e. The zero-order valence-electron chi connectivity index (χ0n) is 18.2. The van der Waals surface area contributed by atoms with Crippen molar-refractivity contribution in [3.8, 4) is 11.1 Å². The summed E-state index contributed by atoms with van der Waals surface area (Å²) in [5.41, 5.74) is 4.49. The summed E-state index contributed by atoms with van der Waals surface area (Å²) in [6, 6.07) is 16.1. The molecule has 0 saturated heterocycles. The van der Waals surface area contributed by atoms with Gasteiger partial charge in [-0.1, -0.05) is 55.5 Å². The minimum atomic E-state index is -1.11. The van der Waals surface area contributed by atoms with E-state index < -0.39 is 30.6 Å². The third kappa shape index (κ3) is 5.26. The van der Waals surface area contributed by atoms with Crippen molar-refractivity contribution in [1.29, 1.82) is 0 Å². The van der Waals surface area contributed by atoms with Gasteiger partial charge in [0.25, 0.3) is 5.91 Å². The normalized spacial score (nSPS) is 13.1. The van der Waals surface area contributed by atoms with Gasteiger partial charge in [-0.05, 0) is 28.7 Å². The summed E-state index contributed by atoms with van der Waals surface area (Å²) in [5.74, 6) is -1.66. The van der Waals surface area contributed by atoms with Crippen molar-refractivity contribution in [2.45, 2.75) is 25.4 Å². The van der Waals surface area contributed by atoms with Crippen LogP contribution in [-0.4, -0.2) is 67.4 Å². The van der Waals surface area contributed by atoms with E-state index in [0.29, 0.717) is 6.42 Å². The van der Waals surface area contributed by atoms with Gasteiger partial charge < -0.3 is 24.8 Å². The van der Waals surface area contributed by atoms with E-state index >= 15 is 0 Å². The van der Waals surface area contributed by atoms with Crippen molar-refractivity contribution in [2.24, 2.45) is 0 Å². The molecule has 2 amide bonds. The van der Waals surface area contributed by atoms with Gasteiger partial charge in [-0.15, -0.1) is 0 Å². The number of methoxy groups -OCH3 is 1. The highest BCUT2D eigenvalue weighted by molar-refractivity contribution is 5.85. The van der Waals surface area contributed by atoms with Crippen LogP contribution in [0, 0.1) is 0 Å². The topological polar surface area (TPSA) is 105 Å². The molecule has 2 N–H and O–H groups in total. The Labute approximate surface area is 187 Å². The number of alkyl carbamates (subject to hydrolysis) is 1. The van der Waals surface area contributed by atoms with Crippen LogP contribution in [-0.2, 0) is 19.1 Å².